The zero-order chi connectivity index (χ0) is 23.9. The highest BCUT2D eigenvalue weighted by Gasteiger charge is 2.40. The second kappa shape index (κ2) is 9.11. The summed E-state index contributed by atoms with van der Waals surface area (Å²) in [6.07, 6.45) is 5.31. The summed E-state index contributed by atoms with van der Waals surface area (Å²) in [5.41, 5.74) is 2.93. The second-order valence-electron chi connectivity index (χ2n) is 10.3. The molecule has 0 aromatic heterocycles. The van der Waals surface area contributed by atoms with Gasteiger partial charge in [0.2, 0.25) is 11.8 Å². The summed E-state index contributed by atoms with van der Waals surface area (Å²) in [5, 5.41) is 2.36. The number of carbonyl (C=O) groups is 3. The highest BCUT2D eigenvalue weighted by molar-refractivity contribution is 6.05. The molecule has 1 aliphatic carbocycles. The zero-order valence-corrected chi connectivity index (χ0v) is 19.8. The van der Waals surface area contributed by atoms with Gasteiger partial charge in [0.15, 0.2) is 0 Å². The van der Waals surface area contributed by atoms with Crippen molar-refractivity contribution in [1.82, 2.24) is 15.1 Å². The molecule has 3 aliphatic heterocycles. The Morgan fingerprint density at radius 3 is 2.63 bits per heavy atom. The third-order valence-corrected chi connectivity index (χ3v) is 8.16. The molecule has 1 N–H and O–H groups in total. The molecule has 0 bridgehead atoms. The largest absolute Gasteiger partial charge is 0.489 e. The minimum Gasteiger partial charge on any atom is -0.489 e. The molecule has 0 spiro atoms. The number of piperidine rings is 1. The molecule has 4 atom stereocenters. The topological polar surface area (TPSA) is 79.0 Å². The fourth-order valence-corrected chi connectivity index (χ4v) is 6.35. The smallest absolute Gasteiger partial charge is 0.255 e. The molecule has 3 fully saturated rings. The normalized spacial score (nSPS) is 28.9. The van der Waals surface area contributed by atoms with Gasteiger partial charge in [0.1, 0.15) is 17.9 Å². The van der Waals surface area contributed by atoms with E-state index < -0.39 is 6.04 Å². The van der Waals surface area contributed by atoms with Crippen LogP contribution in [0.4, 0.5) is 0 Å². The maximum Gasteiger partial charge on any atom is 0.255 e. The average molecular weight is 474 g/mol. The summed E-state index contributed by atoms with van der Waals surface area (Å²) in [7, 11) is 0. The Morgan fingerprint density at radius 2 is 1.80 bits per heavy atom. The van der Waals surface area contributed by atoms with Crippen molar-refractivity contribution in [3.05, 3.63) is 65.2 Å². The first-order chi connectivity index (χ1) is 17.1. The summed E-state index contributed by atoms with van der Waals surface area (Å²) in [6.45, 7) is 2.55. The molecule has 182 valence electrons. The number of amides is 3. The minimum absolute atomic E-state index is 0.144. The van der Waals surface area contributed by atoms with Crippen molar-refractivity contribution in [3.63, 3.8) is 0 Å². The van der Waals surface area contributed by atoms with Crippen LogP contribution in [0.25, 0.3) is 0 Å². The Bertz CT molecular complexity index is 1150. The van der Waals surface area contributed by atoms with Crippen molar-refractivity contribution >= 4 is 17.7 Å². The number of fused-ring (bicyclic) bond motifs is 1. The van der Waals surface area contributed by atoms with Gasteiger partial charge in [-0.25, -0.2) is 0 Å². The summed E-state index contributed by atoms with van der Waals surface area (Å²) in [6, 6.07) is 16.3. The van der Waals surface area contributed by atoms with Gasteiger partial charge in [-0.15, -0.1) is 0 Å². The molecule has 35 heavy (non-hydrogen) atoms. The van der Waals surface area contributed by atoms with Crippen LogP contribution in [-0.2, 0) is 16.1 Å². The molecule has 3 heterocycles. The number of nitrogens with one attached hydrogen (secondary N) is 1. The van der Waals surface area contributed by atoms with Gasteiger partial charge < -0.3 is 9.64 Å². The van der Waals surface area contributed by atoms with E-state index >= 15 is 0 Å². The van der Waals surface area contributed by atoms with Gasteiger partial charge in [-0.1, -0.05) is 30.3 Å². The van der Waals surface area contributed by atoms with E-state index in [0.29, 0.717) is 30.5 Å². The highest BCUT2D eigenvalue weighted by atomic mass is 16.5. The number of imide groups is 1. The number of rotatable bonds is 5. The fraction of sp³-hybridized carbons (Fsp3) is 0.464. The maximum atomic E-state index is 13.0. The van der Waals surface area contributed by atoms with Crippen LogP contribution in [-0.4, -0.2) is 58.8 Å². The molecule has 2 aromatic rings. The molecule has 4 aliphatic rings. The van der Waals surface area contributed by atoms with Crippen molar-refractivity contribution in [2.45, 2.75) is 69.2 Å². The van der Waals surface area contributed by atoms with Crippen LogP contribution in [0.5, 0.6) is 5.75 Å². The first kappa shape index (κ1) is 22.3. The van der Waals surface area contributed by atoms with Gasteiger partial charge in [-0.3, -0.25) is 24.6 Å². The zero-order valence-electron chi connectivity index (χ0n) is 19.8. The van der Waals surface area contributed by atoms with Crippen molar-refractivity contribution in [3.8, 4) is 5.75 Å². The fourth-order valence-electron chi connectivity index (χ4n) is 6.35. The van der Waals surface area contributed by atoms with Crippen LogP contribution >= 0.6 is 0 Å². The predicted octanol–water partition coefficient (Wildman–Crippen LogP) is 3.24. The van der Waals surface area contributed by atoms with Gasteiger partial charge in [-0.05, 0) is 73.9 Å². The van der Waals surface area contributed by atoms with Gasteiger partial charge in [0.25, 0.3) is 5.91 Å². The van der Waals surface area contributed by atoms with Crippen LogP contribution in [0.15, 0.2) is 48.5 Å². The van der Waals surface area contributed by atoms with Crippen molar-refractivity contribution in [2.75, 3.05) is 13.1 Å². The van der Waals surface area contributed by atoms with Crippen LogP contribution in [0, 0.1) is 0 Å². The quantitative estimate of drug-likeness (QED) is 0.675. The number of likely N-dealkylation sites (tertiary alicyclic amines) is 1. The van der Waals surface area contributed by atoms with Crippen molar-refractivity contribution < 1.29 is 19.1 Å². The van der Waals surface area contributed by atoms with E-state index in [1.807, 2.05) is 18.2 Å². The highest BCUT2D eigenvalue weighted by Crippen LogP contribution is 2.36. The molecule has 6 rings (SSSR count). The van der Waals surface area contributed by atoms with Gasteiger partial charge >= 0.3 is 0 Å². The van der Waals surface area contributed by atoms with Gasteiger partial charge in [0, 0.05) is 31.1 Å². The molecular weight excluding hydrogens is 442 g/mol. The standard InChI is InChI=1S/C28H31N3O4/c32-26-12-11-24(27(33)29-26)31-17-20-15-21(9-10-22(20)28(31)34)35-25-8-4-7-23(25)30-14-13-19(16-30)18-5-2-1-3-6-18/h1-3,5-6,9-10,15,19,23-25H,4,7-8,11-14,16-17H2,(H,29,32,33)/t19-,23-,24?,25+/m0/s1. The molecule has 2 saturated heterocycles. The van der Waals surface area contributed by atoms with Gasteiger partial charge in [-0.2, -0.15) is 0 Å². The lowest BCUT2D eigenvalue weighted by Gasteiger charge is -2.30. The first-order valence-electron chi connectivity index (χ1n) is 12.8. The number of ether oxygens (including phenoxy) is 1. The third kappa shape index (κ3) is 4.22. The molecule has 3 amide bonds. The van der Waals surface area contributed by atoms with E-state index in [9.17, 15) is 14.4 Å². The molecule has 2 aromatic carbocycles. The molecule has 0 radical (unpaired) electrons. The predicted molar refractivity (Wildman–Crippen MR) is 130 cm³/mol. The van der Waals surface area contributed by atoms with E-state index in [1.54, 1.807) is 4.90 Å². The lowest BCUT2D eigenvalue weighted by atomic mass is 9.99. The SMILES string of the molecule is O=C1CCC(N2Cc3cc(O[C@@H]4CCC[C@@H]4N4CC[C@H](c5ccccc5)C4)ccc3C2=O)C(=O)N1. The van der Waals surface area contributed by atoms with Crippen molar-refractivity contribution in [2.24, 2.45) is 0 Å². The monoisotopic (exact) mass is 473 g/mol. The molecule has 7 nitrogen and oxygen atoms in total. The number of carbonyl (C=O) groups excluding carboxylic acids is 3. The summed E-state index contributed by atoms with van der Waals surface area (Å²) >= 11 is 0. The molecular formula is C28H31N3O4. The van der Waals surface area contributed by atoms with E-state index in [-0.39, 0.29) is 30.2 Å². The molecule has 1 saturated carbocycles. The summed E-state index contributed by atoms with van der Waals surface area (Å²) in [5.74, 6) is 0.570. The van der Waals surface area contributed by atoms with Crippen molar-refractivity contribution in [1.29, 1.82) is 0 Å². The Labute approximate surface area is 205 Å². The lowest BCUT2D eigenvalue weighted by molar-refractivity contribution is -0.136. The first-order valence-corrected chi connectivity index (χ1v) is 12.8. The third-order valence-electron chi connectivity index (χ3n) is 8.16. The Hall–Kier alpha value is -3.19. The summed E-state index contributed by atoms with van der Waals surface area (Å²) in [4.78, 5) is 41.0. The van der Waals surface area contributed by atoms with Crippen LogP contribution in [0.2, 0.25) is 0 Å². The molecule has 1 unspecified atom stereocenters. The number of hydrogen-bond acceptors (Lipinski definition) is 5. The Balaban J connectivity index is 1.12. The number of benzene rings is 2. The van der Waals surface area contributed by atoms with E-state index in [0.717, 1.165) is 43.7 Å². The lowest BCUT2D eigenvalue weighted by Crippen LogP contribution is -2.52. The maximum absolute atomic E-state index is 13.0. The second-order valence-corrected chi connectivity index (χ2v) is 10.3. The Kier molecular flexibility index (Phi) is 5.80. The number of nitrogens with zero attached hydrogens (tertiary/aromatic N) is 2. The summed E-state index contributed by atoms with van der Waals surface area (Å²) < 4.78 is 6.52. The van der Waals surface area contributed by atoms with E-state index in [4.69, 9.17) is 4.74 Å². The average Bonchev–Trinajstić information content (AvgIpc) is 3.59. The number of hydrogen-bond donors (Lipinski definition) is 1. The van der Waals surface area contributed by atoms with E-state index in [2.05, 4.69) is 40.5 Å². The van der Waals surface area contributed by atoms with Crippen LogP contribution < -0.4 is 10.1 Å². The van der Waals surface area contributed by atoms with Crippen LogP contribution in [0.3, 0.4) is 0 Å². The Morgan fingerprint density at radius 1 is 0.943 bits per heavy atom. The van der Waals surface area contributed by atoms with Gasteiger partial charge in [0.05, 0.1) is 0 Å². The van der Waals surface area contributed by atoms with E-state index in [1.165, 1.54) is 12.0 Å². The van der Waals surface area contributed by atoms with Crippen LogP contribution in [0.1, 0.15) is 65.9 Å². The minimum atomic E-state index is -0.594. The molecule has 7 heteroatoms.